The number of hydrogen-bond acceptors (Lipinski definition) is 3. The van der Waals surface area contributed by atoms with Gasteiger partial charge in [0, 0.05) is 33.3 Å². The smallest absolute Gasteiger partial charge is 0.132 e. The molecule has 0 saturated heterocycles. The van der Waals surface area contributed by atoms with Gasteiger partial charge in [0.25, 0.3) is 0 Å². The molecule has 3 aliphatic rings. The summed E-state index contributed by atoms with van der Waals surface area (Å²) < 4.78 is 9.07. The summed E-state index contributed by atoms with van der Waals surface area (Å²) in [5.74, 6) is 1.79. The summed E-state index contributed by atoms with van der Waals surface area (Å²) in [5.41, 5.74) is 15.2. The maximum Gasteiger partial charge on any atom is 0.132 e. The van der Waals surface area contributed by atoms with E-state index in [0.717, 1.165) is 22.9 Å². The van der Waals surface area contributed by atoms with E-state index in [0.29, 0.717) is 0 Å². The van der Waals surface area contributed by atoms with Crippen molar-refractivity contribution in [3.63, 3.8) is 0 Å². The van der Waals surface area contributed by atoms with Crippen molar-refractivity contribution in [2.45, 2.75) is 17.6 Å². The van der Waals surface area contributed by atoms with Crippen LogP contribution >= 0.6 is 0 Å². The number of nitrogens with zero attached hydrogens (tertiary/aromatic N) is 1. The van der Waals surface area contributed by atoms with Gasteiger partial charge in [-0.3, -0.25) is 5.32 Å². The molecule has 4 heteroatoms. The zero-order valence-corrected chi connectivity index (χ0v) is 29.9. The summed E-state index contributed by atoms with van der Waals surface area (Å²) in [4.78, 5) is 0. The topological polar surface area (TPSA) is 38.2 Å². The molecule has 0 amide bonds. The number of hydrogen-bond donors (Lipinski definition) is 2. The number of rotatable bonds is 3. The third-order valence-corrected chi connectivity index (χ3v) is 12.2. The first-order chi connectivity index (χ1) is 27.3. The van der Waals surface area contributed by atoms with Crippen LogP contribution in [-0.4, -0.2) is 4.57 Å². The van der Waals surface area contributed by atoms with Crippen molar-refractivity contribution in [1.82, 2.24) is 9.88 Å². The Hall–Kier alpha value is -6.88. The lowest BCUT2D eigenvalue weighted by Crippen LogP contribution is -2.40. The first-order valence-corrected chi connectivity index (χ1v) is 19.1. The average Bonchev–Trinajstić information content (AvgIpc) is 3.75. The monoisotopic (exact) mass is 705 g/mol. The Balaban J connectivity index is 1.06. The van der Waals surface area contributed by atoms with Crippen LogP contribution in [0.5, 0.6) is 11.5 Å². The molecular formula is C51H35N3O. The Labute approximate surface area is 319 Å². The quantitative estimate of drug-likeness (QED) is 0.192. The Kier molecular flexibility index (Phi) is 6.42. The van der Waals surface area contributed by atoms with E-state index >= 15 is 0 Å². The molecule has 4 nitrogen and oxygen atoms in total. The van der Waals surface area contributed by atoms with Crippen LogP contribution in [0.15, 0.2) is 188 Å². The minimum atomic E-state index is -0.569. The predicted molar refractivity (Wildman–Crippen MR) is 222 cm³/mol. The van der Waals surface area contributed by atoms with Gasteiger partial charge < -0.3 is 14.6 Å². The number of ether oxygens (including phenoxy) is 1. The van der Waals surface area contributed by atoms with Crippen LogP contribution in [0, 0.1) is 0 Å². The maximum atomic E-state index is 6.66. The molecule has 12 rings (SSSR count). The van der Waals surface area contributed by atoms with Gasteiger partial charge in [-0.15, -0.1) is 0 Å². The lowest BCUT2D eigenvalue weighted by Gasteiger charge is -2.42. The molecule has 1 aliphatic carbocycles. The molecule has 55 heavy (non-hydrogen) atoms. The fraction of sp³-hybridized carbons (Fsp3) is 0.0588. The van der Waals surface area contributed by atoms with Gasteiger partial charge in [0.05, 0.1) is 22.5 Å². The molecule has 0 fully saturated rings. The molecule has 2 atom stereocenters. The van der Waals surface area contributed by atoms with Crippen LogP contribution in [0.3, 0.4) is 0 Å². The third-order valence-electron chi connectivity index (χ3n) is 12.2. The Morgan fingerprint density at radius 3 is 1.84 bits per heavy atom. The minimum absolute atomic E-state index is 0.0691. The lowest BCUT2D eigenvalue weighted by molar-refractivity contribution is 0.433. The molecule has 3 heterocycles. The van der Waals surface area contributed by atoms with Gasteiger partial charge in [-0.05, 0) is 81.4 Å². The van der Waals surface area contributed by atoms with E-state index in [1.54, 1.807) is 0 Å². The first-order valence-electron chi connectivity index (χ1n) is 19.1. The molecule has 260 valence electrons. The molecule has 1 spiro atoms. The molecule has 2 N–H and O–H groups in total. The zero-order valence-electron chi connectivity index (χ0n) is 29.9. The fourth-order valence-corrected chi connectivity index (χ4v) is 10.0. The van der Waals surface area contributed by atoms with Gasteiger partial charge in [0.1, 0.15) is 17.7 Å². The largest absolute Gasteiger partial charge is 0.457 e. The van der Waals surface area contributed by atoms with Crippen LogP contribution in [-0.2, 0) is 5.41 Å². The minimum Gasteiger partial charge on any atom is -0.457 e. The molecular weight excluding hydrogens is 671 g/mol. The van der Waals surface area contributed by atoms with E-state index in [1.807, 2.05) is 0 Å². The van der Waals surface area contributed by atoms with Gasteiger partial charge in [-0.2, -0.15) is 0 Å². The highest BCUT2D eigenvalue weighted by molar-refractivity contribution is 6.09. The number of anilines is 1. The first kappa shape index (κ1) is 30.6. The molecule has 0 radical (unpaired) electrons. The Bertz CT molecular complexity index is 2910. The molecule has 2 aliphatic heterocycles. The lowest BCUT2D eigenvalue weighted by atomic mass is 9.65. The molecule has 9 aromatic rings. The standard InChI is InChI=1S/C51H35N3O/c1-5-23-40-34(17-1)37-21-14-22-39(48(37)51(40)41-24-6-11-29-46(41)55-47-30-12-7-25-42(47)51)50-52-43-26-8-2-20-38(43)49(53-50)32-15-13-16-33(31-32)54-44-27-9-3-18-35(44)36-19-4-10-28-45(36)54/h1-31,49-50,52-53H. The van der Waals surface area contributed by atoms with Crippen LogP contribution in [0.2, 0.25) is 0 Å². The molecule has 0 saturated carbocycles. The van der Waals surface area contributed by atoms with Crippen molar-refractivity contribution >= 4 is 27.5 Å². The van der Waals surface area contributed by atoms with Crippen molar-refractivity contribution in [2.75, 3.05) is 5.32 Å². The van der Waals surface area contributed by atoms with Crippen molar-refractivity contribution < 1.29 is 4.74 Å². The summed E-state index contributed by atoms with van der Waals surface area (Å²) in [6.07, 6.45) is -0.194. The van der Waals surface area contributed by atoms with E-state index in [-0.39, 0.29) is 12.2 Å². The average molecular weight is 706 g/mol. The zero-order chi connectivity index (χ0) is 36.1. The van der Waals surface area contributed by atoms with Gasteiger partial charge >= 0.3 is 0 Å². The Morgan fingerprint density at radius 1 is 0.491 bits per heavy atom. The highest BCUT2D eigenvalue weighted by Gasteiger charge is 2.52. The summed E-state index contributed by atoms with van der Waals surface area (Å²) >= 11 is 0. The van der Waals surface area contributed by atoms with Gasteiger partial charge in [0.15, 0.2) is 0 Å². The van der Waals surface area contributed by atoms with Crippen LogP contribution in [0.4, 0.5) is 5.69 Å². The van der Waals surface area contributed by atoms with Crippen molar-refractivity contribution in [1.29, 1.82) is 0 Å². The normalized spacial score (nSPS) is 17.1. The van der Waals surface area contributed by atoms with Gasteiger partial charge in [-0.25, -0.2) is 0 Å². The molecule has 0 bridgehead atoms. The highest BCUT2D eigenvalue weighted by atomic mass is 16.5. The summed E-state index contributed by atoms with van der Waals surface area (Å²) in [7, 11) is 0. The molecule has 1 aromatic heterocycles. The molecule has 8 aromatic carbocycles. The van der Waals surface area contributed by atoms with E-state index < -0.39 is 5.41 Å². The number of benzene rings is 8. The number of fused-ring (bicyclic) bond motifs is 13. The van der Waals surface area contributed by atoms with Crippen molar-refractivity contribution in [2.24, 2.45) is 0 Å². The number of para-hydroxylation sites is 5. The van der Waals surface area contributed by atoms with E-state index in [9.17, 15) is 0 Å². The van der Waals surface area contributed by atoms with Crippen molar-refractivity contribution in [3.8, 4) is 28.3 Å². The van der Waals surface area contributed by atoms with Crippen LogP contribution in [0.1, 0.15) is 51.2 Å². The van der Waals surface area contributed by atoms with E-state index in [2.05, 4.69) is 203 Å². The maximum absolute atomic E-state index is 6.66. The fourth-order valence-electron chi connectivity index (χ4n) is 10.0. The van der Waals surface area contributed by atoms with Crippen LogP contribution < -0.4 is 15.4 Å². The van der Waals surface area contributed by atoms with Gasteiger partial charge in [0.2, 0.25) is 0 Å². The SMILES string of the molecule is c1cc(C2NC(c3cccc4c3C3(c5ccccc5Oc5ccccc53)c3ccccc3-4)Nc3ccccc32)cc(-n2c3ccccc3c3ccccc32)c1. The number of aromatic nitrogens is 1. The second-order valence-corrected chi connectivity index (χ2v) is 14.9. The predicted octanol–water partition coefficient (Wildman–Crippen LogP) is 12.1. The summed E-state index contributed by atoms with van der Waals surface area (Å²) in [6, 6.07) is 68.2. The second-order valence-electron chi connectivity index (χ2n) is 14.9. The Morgan fingerprint density at radius 2 is 1.07 bits per heavy atom. The number of nitrogens with one attached hydrogen (secondary N) is 2. The summed E-state index contributed by atoms with van der Waals surface area (Å²) in [5, 5.41) is 10.7. The highest BCUT2D eigenvalue weighted by Crippen LogP contribution is 2.63. The molecule has 2 unspecified atom stereocenters. The van der Waals surface area contributed by atoms with Crippen LogP contribution in [0.25, 0.3) is 38.6 Å². The van der Waals surface area contributed by atoms with E-state index in [4.69, 9.17) is 4.74 Å². The van der Waals surface area contributed by atoms with Crippen molar-refractivity contribution in [3.05, 3.63) is 227 Å². The second kappa shape index (κ2) is 11.6. The summed E-state index contributed by atoms with van der Waals surface area (Å²) in [6.45, 7) is 0. The third kappa shape index (κ3) is 4.20. The van der Waals surface area contributed by atoms with E-state index in [1.165, 1.54) is 71.9 Å². The van der Waals surface area contributed by atoms with Gasteiger partial charge in [-0.1, -0.05) is 146 Å².